The van der Waals surface area contributed by atoms with E-state index in [0.717, 1.165) is 74.6 Å². The molecule has 9 heteroatoms. The average Bonchev–Trinajstić information content (AvgIpc) is 3.57. The SMILES string of the molecule is CCCN1CCC(N2C[C@@H](NCc3cc(F)ccc3F)C[C@H]2C(=O)NCCc2ccc3c(c2)OCO3)CC1. The van der Waals surface area contributed by atoms with Crippen molar-refractivity contribution in [1.29, 1.82) is 0 Å². The van der Waals surface area contributed by atoms with Gasteiger partial charge in [-0.3, -0.25) is 9.69 Å². The van der Waals surface area contributed by atoms with E-state index in [1.807, 2.05) is 18.2 Å². The van der Waals surface area contributed by atoms with Crippen molar-refractivity contribution in [3.63, 3.8) is 0 Å². The van der Waals surface area contributed by atoms with Crippen molar-refractivity contribution in [3.8, 4) is 11.5 Å². The molecule has 7 nitrogen and oxygen atoms in total. The number of hydrogen-bond acceptors (Lipinski definition) is 6. The lowest BCUT2D eigenvalue weighted by Crippen LogP contribution is -2.51. The standard InChI is InChI=1S/C29H38F2N4O3/c1-2-11-34-12-8-24(9-13-34)35-18-23(33-17-21-15-22(30)4-5-25(21)31)16-26(35)29(36)32-10-7-20-3-6-27-28(14-20)38-19-37-27/h3-6,14-15,23-24,26,33H,2,7-13,16-19H2,1H3,(H,32,36)/t23-,26-/m0/s1. The Morgan fingerprint density at radius 3 is 2.71 bits per heavy atom. The molecule has 3 aliphatic heterocycles. The second kappa shape index (κ2) is 12.4. The van der Waals surface area contributed by atoms with E-state index in [9.17, 15) is 13.6 Å². The van der Waals surface area contributed by atoms with Crippen molar-refractivity contribution in [1.82, 2.24) is 20.4 Å². The second-order valence-corrected chi connectivity index (χ2v) is 10.6. The van der Waals surface area contributed by atoms with E-state index in [1.54, 1.807) is 0 Å². The van der Waals surface area contributed by atoms with Gasteiger partial charge in [-0.15, -0.1) is 0 Å². The number of halogens is 2. The molecule has 38 heavy (non-hydrogen) atoms. The van der Waals surface area contributed by atoms with Gasteiger partial charge in [0, 0.05) is 37.3 Å². The fraction of sp³-hybridized carbons (Fsp3) is 0.552. The molecule has 2 aromatic carbocycles. The highest BCUT2D eigenvalue weighted by Crippen LogP contribution is 2.32. The summed E-state index contributed by atoms with van der Waals surface area (Å²) in [6.45, 7) is 7.12. The van der Waals surface area contributed by atoms with Crippen molar-refractivity contribution in [2.45, 2.75) is 63.7 Å². The van der Waals surface area contributed by atoms with Gasteiger partial charge in [-0.25, -0.2) is 8.78 Å². The second-order valence-electron chi connectivity index (χ2n) is 10.6. The molecule has 2 atom stereocenters. The summed E-state index contributed by atoms with van der Waals surface area (Å²) in [7, 11) is 0. The first-order chi connectivity index (χ1) is 18.5. The topological polar surface area (TPSA) is 66.1 Å². The lowest BCUT2D eigenvalue weighted by molar-refractivity contribution is -0.126. The summed E-state index contributed by atoms with van der Waals surface area (Å²) in [6.07, 6.45) is 4.55. The Morgan fingerprint density at radius 2 is 1.89 bits per heavy atom. The van der Waals surface area contributed by atoms with E-state index in [1.165, 1.54) is 6.07 Å². The van der Waals surface area contributed by atoms with E-state index in [-0.39, 0.29) is 31.3 Å². The summed E-state index contributed by atoms with van der Waals surface area (Å²) in [4.78, 5) is 18.3. The zero-order chi connectivity index (χ0) is 26.5. The fourth-order valence-corrected chi connectivity index (χ4v) is 5.94. The molecule has 5 rings (SSSR count). The number of likely N-dealkylation sites (tertiary alicyclic amines) is 2. The number of nitrogens with zero attached hydrogens (tertiary/aromatic N) is 2. The summed E-state index contributed by atoms with van der Waals surface area (Å²) < 4.78 is 38.6. The van der Waals surface area contributed by atoms with Crippen molar-refractivity contribution in [2.75, 3.05) is 39.5 Å². The lowest BCUT2D eigenvalue weighted by atomic mass is 10.0. The smallest absolute Gasteiger partial charge is 0.237 e. The Bertz CT molecular complexity index is 1110. The molecule has 0 unspecified atom stereocenters. The molecule has 3 heterocycles. The monoisotopic (exact) mass is 528 g/mol. The van der Waals surface area contributed by atoms with Gasteiger partial charge in [0.05, 0.1) is 6.04 Å². The molecule has 206 valence electrons. The molecule has 0 bridgehead atoms. The first kappa shape index (κ1) is 26.8. The third-order valence-corrected chi connectivity index (χ3v) is 7.95. The van der Waals surface area contributed by atoms with E-state index in [0.29, 0.717) is 31.0 Å². The summed E-state index contributed by atoms with van der Waals surface area (Å²) in [5, 5.41) is 6.54. The molecule has 0 aliphatic carbocycles. The summed E-state index contributed by atoms with van der Waals surface area (Å²) in [5.74, 6) is 0.655. The molecule has 0 aromatic heterocycles. The Labute approximate surface area is 223 Å². The summed E-state index contributed by atoms with van der Waals surface area (Å²) in [6, 6.07) is 9.51. The van der Waals surface area contributed by atoms with Crippen LogP contribution in [0.5, 0.6) is 11.5 Å². The van der Waals surface area contributed by atoms with Crippen molar-refractivity contribution in [2.24, 2.45) is 0 Å². The third kappa shape index (κ3) is 6.45. The maximum atomic E-state index is 14.2. The predicted octanol–water partition coefficient (Wildman–Crippen LogP) is 3.46. The lowest BCUT2D eigenvalue weighted by Gasteiger charge is -2.39. The number of amides is 1. The van der Waals surface area contributed by atoms with Gasteiger partial charge in [0.15, 0.2) is 11.5 Å². The Hall–Kier alpha value is -2.75. The first-order valence-corrected chi connectivity index (χ1v) is 13.8. The van der Waals surface area contributed by atoms with Crippen LogP contribution >= 0.6 is 0 Å². The van der Waals surface area contributed by atoms with Crippen molar-refractivity contribution >= 4 is 5.91 Å². The van der Waals surface area contributed by atoms with Crippen LogP contribution in [0.25, 0.3) is 0 Å². The number of carbonyl (C=O) groups excluding carboxylic acids is 1. The molecular formula is C29H38F2N4O3. The average molecular weight is 529 g/mol. The van der Waals surface area contributed by atoms with Crippen LogP contribution < -0.4 is 20.1 Å². The number of hydrogen-bond donors (Lipinski definition) is 2. The first-order valence-electron chi connectivity index (χ1n) is 13.8. The van der Waals surface area contributed by atoms with Crippen molar-refractivity contribution < 1.29 is 23.0 Å². The molecule has 3 aliphatic rings. The quantitative estimate of drug-likeness (QED) is 0.493. The molecular weight excluding hydrogens is 490 g/mol. The predicted molar refractivity (Wildman–Crippen MR) is 141 cm³/mol. The van der Waals surface area contributed by atoms with Crippen LogP contribution in [0.15, 0.2) is 36.4 Å². The number of carbonyl (C=O) groups is 1. The van der Waals surface area contributed by atoms with Gasteiger partial charge in [-0.2, -0.15) is 0 Å². The maximum Gasteiger partial charge on any atom is 0.237 e. The highest BCUT2D eigenvalue weighted by atomic mass is 19.1. The highest BCUT2D eigenvalue weighted by Gasteiger charge is 2.41. The fourth-order valence-electron chi connectivity index (χ4n) is 5.94. The molecule has 0 saturated carbocycles. The van der Waals surface area contributed by atoms with Crippen LogP contribution in [-0.2, 0) is 17.8 Å². The molecule has 2 saturated heterocycles. The van der Waals surface area contributed by atoms with E-state index < -0.39 is 11.6 Å². The van der Waals surface area contributed by atoms with Gasteiger partial charge in [0.1, 0.15) is 11.6 Å². The molecule has 0 spiro atoms. The molecule has 2 aromatic rings. The van der Waals surface area contributed by atoms with Gasteiger partial charge in [0.25, 0.3) is 0 Å². The highest BCUT2D eigenvalue weighted by molar-refractivity contribution is 5.82. The largest absolute Gasteiger partial charge is 0.454 e. The van der Waals surface area contributed by atoms with Crippen LogP contribution in [0.2, 0.25) is 0 Å². The minimum absolute atomic E-state index is 0.0240. The van der Waals surface area contributed by atoms with Gasteiger partial charge in [0.2, 0.25) is 12.7 Å². The molecule has 2 N–H and O–H groups in total. The maximum absolute atomic E-state index is 14.2. The van der Waals surface area contributed by atoms with Gasteiger partial charge in [-0.1, -0.05) is 13.0 Å². The van der Waals surface area contributed by atoms with Crippen LogP contribution in [-0.4, -0.2) is 73.3 Å². The van der Waals surface area contributed by atoms with E-state index in [4.69, 9.17) is 9.47 Å². The minimum Gasteiger partial charge on any atom is -0.454 e. The number of rotatable bonds is 10. The Kier molecular flexibility index (Phi) is 8.76. The Morgan fingerprint density at radius 1 is 1.08 bits per heavy atom. The molecule has 0 radical (unpaired) electrons. The number of nitrogens with one attached hydrogen (secondary N) is 2. The van der Waals surface area contributed by atoms with Crippen LogP contribution in [0.4, 0.5) is 8.78 Å². The van der Waals surface area contributed by atoms with Crippen molar-refractivity contribution in [3.05, 3.63) is 59.2 Å². The van der Waals surface area contributed by atoms with Crippen LogP contribution in [0.1, 0.15) is 43.7 Å². The third-order valence-electron chi connectivity index (χ3n) is 7.95. The zero-order valence-corrected chi connectivity index (χ0v) is 22.1. The van der Waals surface area contributed by atoms with Gasteiger partial charge < -0.3 is 25.0 Å². The normalized spacial score (nSPS) is 22.2. The number of fused-ring (bicyclic) bond motifs is 1. The molecule has 1 amide bonds. The zero-order valence-electron chi connectivity index (χ0n) is 22.1. The number of ether oxygens (including phenoxy) is 2. The number of piperidine rings is 1. The number of benzene rings is 2. The Balaban J connectivity index is 1.20. The van der Waals surface area contributed by atoms with Crippen LogP contribution in [0, 0.1) is 11.6 Å². The van der Waals surface area contributed by atoms with Gasteiger partial charge >= 0.3 is 0 Å². The van der Waals surface area contributed by atoms with Crippen LogP contribution in [0.3, 0.4) is 0 Å². The molecule has 2 fully saturated rings. The summed E-state index contributed by atoms with van der Waals surface area (Å²) in [5.41, 5.74) is 1.39. The van der Waals surface area contributed by atoms with Gasteiger partial charge in [-0.05, 0) is 87.6 Å². The minimum atomic E-state index is -0.449. The van der Waals surface area contributed by atoms with E-state index in [2.05, 4.69) is 27.4 Å². The summed E-state index contributed by atoms with van der Waals surface area (Å²) >= 11 is 0. The van der Waals surface area contributed by atoms with E-state index >= 15 is 0 Å².